The number of hydrogen-bond acceptors (Lipinski definition) is 2. The molecular formula is C13H28N2. The summed E-state index contributed by atoms with van der Waals surface area (Å²) in [6.45, 7) is 7.99. The quantitative estimate of drug-likeness (QED) is 0.697. The first kappa shape index (κ1) is 13.0. The molecule has 0 aromatic heterocycles. The van der Waals surface area contributed by atoms with Crippen LogP contribution in [0.15, 0.2) is 0 Å². The number of hydrogen-bond donors (Lipinski definition) is 1. The van der Waals surface area contributed by atoms with Crippen molar-refractivity contribution in [3.8, 4) is 0 Å². The average Bonchev–Trinajstić information content (AvgIpc) is 2.99. The predicted octanol–water partition coefficient (Wildman–Crippen LogP) is 2.49. The maximum absolute atomic E-state index is 3.69. The molecule has 0 saturated heterocycles. The molecule has 2 nitrogen and oxygen atoms in total. The van der Waals surface area contributed by atoms with Crippen LogP contribution in [-0.2, 0) is 0 Å². The van der Waals surface area contributed by atoms with Crippen LogP contribution >= 0.6 is 0 Å². The van der Waals surface area contributed by atoms with E-state index in [4.69, 9.17) is 0 Å². The van der Waals surface area contributed by atoms with Gasteiger partial charge in [0.25, 0.3) is 0 Å². The largest absolute Gasteiger partial charge is 0.312 e. The fraction of sp³-hybridized carbons (Fsp3) is 1.00. The first-order valence-corrected chi connectivity index (χ1v) is 6.45. The molecule has 0 aliphatic heterocycles. The van der Waals surface area contributed by atoms with Crippen molar-refractivity contribution in [2.45, 2.75) is 58.0 Å². The van der Waals surface area contributed by atoms with Gasteiger partial charge in [-0.15, -0.1) is 0 Å². The predicted molar refractivity (Wildman–Crippen MR) is 67.2 cm³/mol. The zero-order valence-electron chi connectivity index (χ0n) is 11.1. The third-order valence-electron chi connectivity index (χ3n) is 4.20. The Morgan fingerprint density at radius 2 is 1.93 bits per heavy atom. The van der Waals surface area contributed by atoms with E-state index in [1.54, 1.807) is 0 Å². The minimum Gasteiger partial charge on any atom is -0.312 e. The smallest absolute Gasteiger partial charge is 0.0325 e. The van der Waals surface area contributed by atoms with E-state index in [0.717, 1.165) is 12.5 Å². The molecule has 0 aromatic rings. The van der Waals surface area contributed by atoms with Gasteiger partial charge in [-0.1, -0.05) is 26.7 Å². The van der Waals surface area contributed by atoms with Gasteiger partial charge >= 0.3 is 0 Å². The molecule has 0 radical (unpaired) electrons. The Morgan fingerprint density at radius 1 is 1.33 bits per heavy atom. The second-order valence-electron chi connectivity index (χ2n) is 5.39. The molecule has 0 amide bonds. The van der Waals surface area contributed by atoms with Crippen molar-refractivity contribution >= 4 is 0 Å². The summed E-state index contributed by atoms with van der Waals surface area (Å²) in [5, 5.41) is 3.69. The van der Waals surface area contributed by atoms with Crippen molar-refractivity contribution < 1.29 is 0 Å². The minimum atomic E-state index is 0.304. The van der Waals surface area contributed by atoms with Crippen molar-refractivity contribution in [3.05, 3.63) is 0 Å². The number of nitrogens with one attached hydrogen (secondary N) is 1. The summed E-state index contributed by atoms with van der Waals surface area (Å²) in [7, 11) is 4.42. The van der Waals surface area contributed by atoms with E-state index < -0.39 is 0 Å². The van der Waals surface area contributed by atoms with Gasteiger partial charge < -0.3 is 10.2 Å². The van der Waals surface area contributed by atoms with Gasteiger partial charge in [0.15, 0.2) is 0 Å². The maximum atomic E-state index is 3.69. The molecule has 1 saturated carbocycles. The Kier molecular flexibility index (Phi) is 4.60. The van der Waals surface area contributed by atoms with Crippen LogP contribution in [0.2, 0.25) is 0 Å². The lowest BCUT2D eigenvalue weighted by Gasteiger charge is -2.43. The van der Waals surface area contributed by atoms with E-state index in [9.17, 15) is 0 Å². The van der Waals surface area contributed by atoms with Crippen molar-refractivity contribution in [3.63, 3.8) is 0 Å². The number of likely N-dealkylation sites (N-methyl/N-ethyl adjacent to an activating group) is 2. The number of nitrogens with zero attached hydrogens (tertiary/aromatic N) is 1. The zero-order chi connectivity index (χ0) is 11.5. The molecular weight excluding hydrogens is 184 g/mol. The third kappa shape index (κ3) is 3.18. The lowest BCUT2D eigenvalue weighted by molar-refractivity contribution is 0.106. The highest BCUT2D eigenvalue weighted by molar-refractivity contribution is 4.96. The average molecular weight is 212 g/mol. The molecule has 1 aliphatic rings. The fourth-order valence-corrected chi connectivity index (χ4v) is 2.36. The van der Waals surface area contributed by atoms with Crippen molar-refractivity contribution in [2.24, 2.45) is 5.92 Å². The van der Waals surface area contributed by atoms with Crippen LogP contribution in [0.4, 0.5) is 0 Å². The summed E-state index contributed by atoms with van der Waals surface area (Å²) in [6.07, 6.45) is 5.48. The van der Waals surface area contributed by atoms with Crippen LogP contribution in [0.1, 0.15) is 46.5 Å². The molecule has 1 N–H and O–H groups in total. The van der Waals surface area contributed by atoms with Gasteiger partial charge in [0.05, 0.1) is 0 Å². The summed E-state index contributed by atoms with van der Waals surface area (Å²) >= 11 is 0. The molecule has 0 bridgehead atoms. The molecule has 2 heteroatoms. The van der Waals surface area contributed by atoms with Gasteiger partial charge in [0, 0.05) is 11.6 Å². The second-order valence-corrected chi connectivity index (χ2v) is 5.39. The van der Waals surface area contributed by atoms with E-state index in [-0.39, 0.29) is 0 Å². The first-order chi connectivity index (χ1) is 7.04. The Balaban J connectivity index is 2.63. The topological polar surface area (TPSA) is 15.3 Å². The van der Waals surface area contributed by atoms with Gasteiger partial charge in [-0.05, 0) is 46.3 Å². The van der Waals surface area contributed by atoms with Crippen LogP contribution < -0.4 is 5.32 Å². The Hall–Kier alpha value is -0.0800. The van der Waals surface area contributed by atoms with Crippen LogP contribution in [0, 0.1) is 5.92 Å². The Morgan fingerprint density at radius 3 is 2.27 bits per heavy atom. The Bertz CT molecular complexity index is 187. The normalized spacial score (nSPS) is 22.8. The minimum absolute atomic E-state index is 0.304. The number of rotatable bonds is 7. The highest BCUT2D eigenvalue weighted by Gasteiger charge is 2.37. The monoisotopic (exact) mass is 212 g/mol. The molecule has 1 fully saturated rings. The molecule has 0 heterocycles. The fourth-order valence-electron chi connectivity index (χ4n) is 2.36. The van der Waals surface area contributed by atoms with Gasteiger partial charge in [-0.3, -0.25) is 0 Å². The van der Waals surface area contributed by atoms with E-state index >= 15 is 0 Å². The first-order valence-electron chi connectivity index (χ1n) is 6.45. The van der Waals surface area contributed by atoms with Crippen LogP contribution in [0.5, 0.6) is 0 Å². The molecule has 15 heavy (non-hydrogen) atoms. The molecule has 2 atom stereocenters. The molecule has 2 unspecified atom stereocenters. The van der Waals surface area contributed by atoms with E-state index in [0.29, 0.717) is 11.6 Å². The SMILES string of the molecule is CCNC(CC1CC1)C(C)(CC)N(C)C. The highest BCUT2D eigenvalue weighted by atomic mass is 15.2. The zero-order valence-corrected chi connectivity index (χ0v) is 11.1. The van der Waals surface area contributed by atoms with Crippen LogP contribution in [0.25, 0.3) is 0 Å². The van der Waals surface area contributed by atoms with E-state index in [1.807, 2.05) is 0 Å². The Labute approximate surface area is 95.4 Å². The summed E-state index contributed by atoms with van der Waals surface area (Å²) in [6, 6.07) is 0.648. The van der Waals surface area contributed by atoms with Crippen molar-refractivity contribution in [1.29, 1.82) is 0 Å². The second kappa shape index (κ2) is 5.31. The lowest BCUT2D eigenvalue weighted by Crippen LogP contribution is -2.57. The van der Waals surface area contributed by atoms with Gasteiger partial charge in [-0.2, -0.15) is 0 Å². The summed E-state index contributed by atoms with van der Waals surface area (Å²) in [5.74, 6) is 1.000. The summed E-state index contributed by atoms with van der Waals surface area (Å²) < 4.78 is 0. The lowest BCUT2D eigenvalue weighted by atomic mass is 9.84. The molecule has 1 aliphatic carbocycles. The van der Waals surface area contributed by atoms with Crippen LogP contribution in [0.3, 0.4) is 0 Å². The summed E-state index contributed by atoms with van der Waals surface area (Å²) in [5.41, 5.74) is 0.304. The molecule has 1 rings (SSSR count). The van der Waals surface area contributed by atoms with E-state index in [1.165, 1.54) is 25.7 Å². The molecule has 0 aromatic carbocycles. The maximum Gasteiger partial charge on any atom is 0.0325 e. The van der Waals surface area contributed by atoms with Crippen molar-refractivity contribution in [2.75, 3.05) is 20.6 Å². The van der Waals surface area contributed by atoms with E-state index in [2.05, 4.69) is 45.1 Å². The third-order valence-corrected chi connectivity index (χ3v) is 4.20. The summed E-state index contributed by atoms with van der Waals surface area (Å²) in [4.78, 5) is 2.39. The van der Waals surface area contributed by atoms with Gasteiger partial charge in [-0.25, -0.2) is 0 Å². The highest BCUT2D eigenvalue weighted by Crippen LogP contribution is 2.37. The molecule has 90 valence electrons. The molecule has 0 spiro atoms. The standard InChI is InChI=1S/C13H28N2/c1-6-13(3,15(4)5)12(14-7-2)10-11-8-9-11/h11-12,14H,6-10H2,1-5H3. The van der Waals surface area contributed by atoms with Crippen LogP contribution in [-0.4, -0.2) is 37.1 Å². The van der Waals surface area contributed by atoms with Gasteiger partial charge in [0.1, 0.15) is 0 Å². The van der Waals surface area contributed by atoms with Gasteiger partial charge in [0.2, 0.25) is 0 Å². The van der Waals surface area contributed by atoms with Crippen molar-refractivity contribution in [1.82, 2.24) is 10.2 Å².